The Morgan fingerprint density at radius 2 is 1.53 bits per heavy atom. The molecule has 3 heterocycles. The van der Waals surface area contributed by atoms with Gasteiger partial charge in [-0.2, -0.15) is 0 Å². The number of ether oxygens (including phenoxy) is 3. The van der Waals surface area contributed by atoms with Gasteiger partial charge in [0.25, 0.3) is 0 Å². The highest BCUT2D eigenvalue weighted by molar-refractivity contribution is 6.25. The van der Waals surface area contributed by atoms with Gasteiger partial charge in [-0.15, -0.1) is 0 Å². The lowest BCUT2D eigenvalue weighted by molar-refractivity contribution is -0.178. The van der Waals surface area contributed by atoms with Gasteiger partial charge in [-0.25, -0.2) is 14.5 Å². The van der Waals surface area contributed by atoms with E-state index < -0.39 is 83.4 Å². The monoisotopic (exact) mass is 970 g/mol. The lowest BCUT2D eigenvalue weighted by Gasteiger charge is -2.46. The molecule has 4 N–H and O–H groups in total. The number of aliphatic hydroxyl groups is 2. The van der Waals surface area contributed by atoms with Crippen LogP contribution >= 0.6 is 0 Å². The van der Waals surface area contributed by atoms with E-state index in [0.29, 0.717) is 33.6 Å². The zero-order valence-electron chi connectivity index (χ0n) is 40.4. The van der Waals surface area contributed by atoms with Crippen molar-refractivity contribution < 1.29 is 48.4 Å². The number of methoxy groups -OCH3 is 1. The summed E-state index contributed by atoms with van der Waals surface area (Å²) in [7, 11) is 1.21. The quantitative estimate of drug-likeness (QED) is 0.0685. The predicted octanol–water partition coefficient (Wildman–Crippen LogP) is 7.33. The van der Waals surface area contributed by atoms with Crippen LogP contribution in [0.25, 0.3) is 0 Å². The normalized spacial score (nSPS) is 23.2. The van der Waals surface area contributed by atoms with Crippen LogP contribution in [0.4, 0.5) is 10.5 Å². The van der Waals surface area contributed by atoms with Crippen molar-refractivity contribution in [3.05, 3.63) is 178 Å². The first kappa shape index (κ1) is 49.4. The Kier molecular flexibility index (Phi) is 14.7. The van der Waals surface area contributed by atoms with Crippen LogP contribution in [0.2, 0.25) is 0 Å². The fourth-order valence-corrected chi connectivity index (χ4v) is 11.0. The van der Waals surface area contributed by atoms with Crippen LogP contribution in [0, 0.1) is 23.7 Å². The fraction of sp³-hybridized carbons (Fsp3) is 0.328. The summed E-state index contributed by atoms with van der Waals surface area (Å²) in [4.78, 5) is 79.4. The number of aliphatic hydroxyl groups excluding tert-OH is 2. The minimum atomic E-state index is -2.16. The predicted molar refractivity (Wildman–Crippen MR) is 268 cm³/mol. The molecular formula is C58H58N4O10. The lowest BCUT2D eigenvalue weighted by atomic mass is 9.65. The zero-order chi connectivity index (χ0) is 50.5. The summed E-state index contributed by atoms with van der Waals surface area (Å²) >= 11 is 0. The zero-order valence-corrected chi connectivity index (χ0v) is 40.4. The molecule has 14 heteroatoms. The summed E-state index contributed by atoms with van der Waals surface area (Å²) in [5, 5.41) is 27.1. The summed E-state index contributed by atoms with van der Waals surface area (Å²) in [5.74, 6) is 1.70. The second kappa shape index (κ2) is 21.4. The maximum Gasteiger partial charge on any atom is 0.329 e. The van der Waals surface area contributed by atoms with Crippen LogP contribution in [0.5, 0.6) is 5.75 Å². The molecular weight excluding hydrogens is 913 g/mol. The van der Waals surface area contributed by atoms with Crippen LogP contribution in [0.1, 0.15) is 97.2 Å². The van der Waals surface area contributed by atoms with Crippen molar-refractivity contribution in [1.82, 2.24) is 15.5 Å². The van der Waals surface area contributed by atoms with Crippen LogP contribution in [0.15, 0.2) is 145 Å². The van der Waals surface area contributed by atoms with E-state index in [1.165, 1.54) is 7.11 Å². The van der Waals surface area contributed by atoms with Gasteiger partial charge in [0.15, 0.2) is 0 Å². The molecule has 4 amide bonds. The SMILES string of the molecule is COC(=O)[C@@H](NC(=O)N1C(=O)[C@@]2(c3cc(C#CC4=CCCCC4)ccc31)[C@H](C(=O)NC[C@H](O)c1ccccc1)[C@H]1C(=O)O[C@H](c3ccccc3)[C@H](c3ccccc3)N1[C@@H]2c1cccc(OCCO)c1)C(C)C. The van der Waals surface area contributed by atoms with E-state index in [1.54, 1.807) is 86.6 Å². The number of morpholine rings is 1. The molecule has 3 aliphatic heterocycles. The van der Waals surface area contributed by atoms with Gasteiger partial charge in [0, 0.05) is 12.1 Å². The number of fused-ring (bicyclic) bond motifs is 3. The van der Waals surface area contributed by atoms with Crippen molar-refractivity contribution in [3.63, 3.8) is 0 Å². The highest BCUT2D eigenvalue weighted by atomic mass is 16.6. The minimum absolute atomic E-state index is 0.0548. The number of benzene rings is 5. The average molecular weight is 971 g/mol. The molecule has 5 aromatic carbocycles. The smallest absolute Gasteiger partial charge is 0.329 e. The summed E-state index contributed by atoms with van der Waals surface area (Å²) in [6.07, 6.45) is 3.72. The largest absolute Gasteiger partial charge is 0.491 e. The summed E-state index contributed by atoms with van der Waals surface area (Å²) in [6.45, 7) is 2.82. The van der Waals surface area contributed by atoms with Gasteiger partial charge in [-0.1, -0.05) is 135 Å². The standard InChI is InChI=1S/C58H58N4O10/c1-36(2)48(54(66)70-3)60-57(69)61-45-30-29-38(28-27-37-17-8-4-9-18-37)33-44(45)58(56(61)68)47(53(65)59-35-46(64)39-19-10-5-11-20-39)50-55(67)72-51(41-23-14-7-15-24-41)49(40-21-12-6-13-22-40)62(50)52(58)42-25-16-26-43(34-42)71-32-31-63/h5-7,10-17,19-26,29-30,33-34,36,46-52,63-64H,4,8-9,18,31-32,35H2,1-3H3,(H,59,65)(H,60,69)/t46-,47-,48-,49-,50-,51+,52+,58-/m0/s1. The Balaban J connectivity index is 1.34. The van der Waals surface area contributed by atoms with E-state index in [9.17, 15) is 15.0 Å². The fourth-order valence-electron chi connectivity index (χ4n) is 11.0. The topological polar surface area (TPSA) is 184 Å². The molecule has 2 fully saturated rings. The molecule has 9 rings (SSSR count). The van der Waals surface area contributed by atoms with Gasteiger partial charge in [-0.05, 0) is 95.3 Å². The molecule has 1 spiro atoms. The number of hydrogen-bond donors (Lipinski definition) is 4. The molecule has 0 radical (unpaired) electrons. The number of hydrogen-bond acceptors (Lipinski definition) is 11. The van der Waals surface area contributed by atoms with Gasteiger partial charge >= 0.3 is 18.0 Å². The first-order valence-electron chi connectivity index (χ1n) is 24.5. The second-order valence-electron chi connectivity index (χ2n) is 18.9. The van der Waals surface area contributed by atoms with E-state index in [-0.39, 0.29) is 31.0 Å². The Bertz CT molecular complexity index is 2920. The van der Waals surface area contributed by atoms with Crippen molar-refractivity contribution in [2.75, 3.05) is 31.8 Å². The molecule has 5 aromatic rings. The molecule has 72 heavy (non-hydrogen) atoms. The molecule has 0 unspecified atom stereocenters. The third-order valence-electron chi connectivity index (χ3n) is 14.2. The molecule has 0 aromatic heterocycles. The van der Waals surface area contributed by atoms with Crippen molar-refractivity contribution in [2.24, 2.45) is 11.8 Å². The van der Waals surface area contributed by atoms with E-state index in [1.807, 2.05) is 65.6 Å². The van der Waals surface area contributed by atoms with Gasteiger partial charge in [-0.3, -0.25) is 19.3 Å². The van der Waals surface area contributed by atoms with Crippen LogP contribution in [0.3, 0.4) is 0 Å². The number of nitrogens with one attached hydrogen (secondary N) is 2. The molecule has 14 nitrogen and oxygen atoms in total. The third kappa shape index (κ3) is 9.27. The van der Waals surface area contributed by atoms with E-state index in [4.69, 9.17) is 14.2 Å². The molecule has 370 valence electrons. The van der Waals surface area contributed by atoms with Gasteiger partial charge in [0.2, 0.25) is 11.8 Å². The van der Waals surface area contributed by atoms with Crippen LogP contribution < -0.4 is 20.3 Å². The number of rotatable bonds is 13. The Labute approximate surface area is 419 Å². The number of allylic oxidation sites excluding steroid dienone is 2. The number of esters is 2. The van der Waals surface area contributed by atoms with Gasteiger partial charge in [0.05, 0.1) is 43.5 Å². The summed E-state index contributed by atoms with van der Waals surface area (Å²) in [6, 6.07) is 33.7. The summed E-state index contributed by atoms with van der Waals surface area (Å²) < 4.78 is 17.7. The molecule has 0 saturated carbocycles. The first-order valence-corrected chi connectivity index (χ1v) is 24.5. The van der Waals surface area contributed by atoms with Gasteiger partial charge in [0.1, 0.15) is 36.0 Å². The average Bonchev–Trinajstić information content (AvgIpc) is 3.87. The van der Waals surface area contributed by atoms with Crippen molar-refractivity contribution in [1.29, 1.82) is 0 Å². The number of carbonyl (C=O) groups is 5. The number of nitrogens with zero attached hydrogens (tertiary/aromatic N) is 2. The number of anilines is 1. The maximum absolute atomic E-state index is 16.7. The van der Waals surface area contributed by atoms with Crippen LogP contribution in [-0.4, -0.2) is 83.8 Å². The highest BCUT2D eigenvalue weighted by Gasteiger charge is 2.75. The molecule has 0 bridgehead atoms. The lowest BCUT2D eigenvalue weighted by Crippen LogP contribution is -2.58. The highest BCUT2D eigenvalue weighted by Crippen LogP contribution is 2.66. The van der Waals surface area contributed by atoms with Crippen LogP contribution in [-0.2, 0) is 34.1 Å². The minimum Gasteiger partial charge on any atom is -0.491 e. The second-order valence-corrected chi connectivity index (χ2v) is 18.9. The number of imide groups is 1. The molecule has 2 saturated heterocycles. The number of cyclic esters (lactones) is 1. The van der Waals surface area contributed by atoms with Crippen molar-refractivity contribution in [2.45, 2.75) is 81.3 Å². The summed E-state index contributed by atoms with van der Waals surface area (Å²) in [5.41, 5.74) is 1.96. The Hall–Kier alpha value is -7.57. The van der Waals surface area contributed by atoms with Crippen molar-refractivity contribution in [3.8, 4) is 17.6 Å². The molecule has 8 atom stereocenters. The van der Waals surface area contributed by atoms with E-state index in [2.05, 4.69) is 28.6 Å². The molecule has 4 aliphatic rings. The maximum atomic E-state index is 16.7. The van der Waals surface area contributed by atoms with E-state index in [0.717, 1.165) is 36.2 Å². The number of urea groups is 1. The number of amides is 4. The third-order valence-corrected chi connectivity index (χ3v) is 14.2. The number of carbonyl (C=O) groups excluding carboxylic acids is 5. The molecule has 1 aliphatic carbocycles. The first-order chi connectivity index (χ1) is 35.0. The van der Waals surface area contributed by atoms with Gasteiger partial charge < -0.3 is 35.1 Å². The Morgan fingerprint density at radius 1 is 0.833 bits per heavy atom. The van der Waals surface area contributed by atoms with E-state index >= 15 is 19.2 Å². The van der Waals surface area contributed by atoms with Crippen molar-refractivity contribution >= 4 is 35.5 Å². The Morgan fingerprint density at radius 3 is 2.19 bits per heavy atom.